The zero-order valence-corrected chi connectivity index (χ0v) is 14.9. The van der Waals surface area contributed by atoms with E-state index in [9.17, 15) is 4.79 Å². The molecule has 0 spiro atoms. The van der Waals surface area contributed by atoms with E-state index >= 15 is 0 Å². The third kappa shape index (κ3) is 4.59. The normalized spacial score (nSPS) is 21.8. The Balaban J connectivity index is 1.53. The number of nitrogens with one attached hydrogen (secondary N) is 1. The predicted molar refractivity (Wildman–Crippen MR) is 101 cm³/mol. The van der Waals surface area contributed by atoms with Crippen LogP contribution in [0.25, 0.3) is 0 Å². The Hall–Kier alpha value is -1.91. The fraction of sp³-hybridized carbons (Fsp3) is 0.476. The predicted octanol–water partition coefficient (Wildman–Crippen LogP) is 3.47. The van der Waals surface area contributed by atoms with Crippen LogP contribution in [0.2, 0.25) is 0 Å². The molecule has 4 nitrogen and oxygen atoms in total. The van der Waals surface area contributed by atoms with Crippen LogP contribution in [0.5, 0.6) is 0 Å². The van der Waals surface area contributed by atoms with Crippen molar-refractivity contribution >= 4 is 0 Å². The van der Waals surface area contributed by atoms with Gasteiger partial charge in [-0.25, -0.2) is 0 Å². The highest BCUT2D eigenvalue weighted by atomic mass is 16.5. The van der Waals surface area contributed by atoms with E-state index in [0.29, 0.717) is 19.1 Å². The first-order valence-electron chi connectivity index (χ1n) is 9.23. The van der Waals surface area contributed by atoms with Crippen LogP contribution in [0.1, 0.15) is 54.2 Å². The molecule has 1 unspecified atom stereocenters. The SMILES string of the molecule is Cc1c[nH]c(=O)c(C(CN)COC2CCC(c3ccccc3)CC2)c1. The number of rotatable bonds is 6. The molecule has 1 aromatic carbocycles. The van der Waals surface area contributed by atoms with Crippen molar-refractivity contribution in [3.8, 4) is 0 Å². The molecular weight excluding hydrogens is 312 g/mol. The number of aryl methyl sites for hydroxylation is 1. The standard InChI is InChI=1S/C21H28N2O2/c1-15-11-20(21(24)23-13-15)18(12-22)14-25-19-9-7-17(8-10-19)16-5-3-2-4-6-16/h2-6,11,13,17-19H,7-10,12,14,22H2,1H3,(H,23,24). The van der Waals surface area contributed by atoms with Gasteiger partial charge >= 0.3 is 0 Å². The lowest BCUT2D eigenvalue weighted by Gasteiger charge is -2.30. The van der Waals surface area contributed by atoms with Gasteiger partial charge in [-0.3, -0.25) is 4.79 Å². The Bertz CT molecular complexity index is 718. The lowest BCUT2D eigenvalue weighted by molar-refractivity contribution is 0.0172. The van der Waals surface area contributed by atoms with Gasteiger partial charge in [-0.15, -0.1) is 0 Å². The molecule has 1 aromatic heterocycles. The zero-order valence-electron chi connectivity index (χ0n) is 14.9. The molecule has 0 aliphatic heterocycles. The first kappa shape index (κ1) is 17.9. The average Bonchev–Trinajstić information content (AvgIpc) is 2.66. The van der Waals surface area contributed by atoms with E-state index in [-0.39, 0.29) is 17.6 Å². The van der Waals surface area contributed by atoms with Crippen LogP contribution in [0, 0.1) is 6.92 Å². The molecule has 25 heavy (non-hydrogen) atoms. The van der Waals surface area contributed by atoms with Crippen molar-refractivity contribution in [2.75, 3.05) is 13.2 Å². The molecule has 0 saturated heterocycles. The summed E-state index contributed by atoms with van der Waals surface area (Å²) in [4.78, 5) is 14.8. The van der Waals surface area contributed by atoms with Crippen LogP contribution in [0.15, 0.2) is 47.4 Å². The highest BCUT2D eigenvalue weighted by molar-refractivity contribution is 5.22. The maximum atomic E-state index is 12.1. The summed E-state index contributed by atoms with van der Waals surface area (Å²) in [6.45, 7) is 2.91. The summed E-state index contributed by atoms with van der Waals surface area (Å²) in [5, 5.41) is 0. The number of hydrogen-bond acceptors (Lipinski definition) is 3. The van der Waals surface area contributed by atoms with Gasteiger partial charge in [0.2, 0.25) is 0 Å². The molecule has 2 aromatic rings. The number of aromatic amines is 1. The van der Waals surface area contributed by atoms with Crippen LogP contribution in [0.4, 0.5) is 0 Å². The second-order valence-corrected chi connectivity index (χ2v) is 7.11. The Morgan fingerprint density at radius 2 is 1.92 bits per heavy atom. The molecule has 1 aliphatic rings. The average molecular weight is 340 g/mol. The third-order valence-electron chi connectivity index (χ3n) is 5.28. The molecule has 1 aliphatic carbocycles. The van der Waals surface area contributed by atoms with Crippen molar-refractivity contribution in [2.24, 2.45) is 5.73 Å². The summed E-state index contributed by atoms with van der Waals surface area (Å²) >= 11 is 0. The molecule has 134 valence electrons. The van der Waals surface area contributed by atoms with E-state index in [1.807, 2.05) is 13.0 Å². The van der Waals surface area contributed by atoms with E-state index in [1.54, 1.807) is 6.20 Å². The molecule has 1 fully saturated rings. The fourth-order valence-corrected chi connectivity index (χ4v) is 3.74. The summed E-state index contributed by atoms with van der Waals surface area (Å²) in [6.07, 6.45) is 6.46. The van der Waals surface area contributed by atoms with Gasteiger partial charge in [-0.05, 0) is 55.7 Å². The number of aromatic nitrogens is 1. The largest absolute Gasteiger partial charge is 0.378 e. The molecule has 1 saturated carbocycles. The van der Waals surface area contributed by atoms with Crippen LogP contribution in [-0.2, 0) is 4.74 Å². The van der Waals surface area contributed by atoms with Crippen molar-refractivity contribution in [2.45, 2.75) is 50.5 Å². The molecule has 3 rings (SSSR count). The third-order valence-corrected chi connectivity index (χ3v) is 5.28. The summed E-state index contributed by atoms with van der Waals surface area (Å²) in [6, 6.07) is 12.7. The highest BCUT2D eigenvalue weighted by Crippen LogP contribution is 2.34. The number of pyridine rings is 1. The van der Waals surface area contributed by atoms with E-state index in [2.05, 4.69) is 35.3 Å². The van der Waals surface area contributed by atoms with Gasteiger partial charge in [0.15, 0.2) is 0 Å². The number of nitrogens with two attached hydrogens (primary N) is 1. The summed E-state index contributed by atoms with van der Waals surface area (Å²) in [5.41, 5.74) is 9.06. The van der Waals surface area contributed by atoms with E-state index in [4.69, 9.17) is 10.5 Å². The summed E-state index contributed by atoms with van der Waals surface area (Å²) < 4.78 is 6.14. The van der Waals surface area contributed by atoms with Gasteiger partial charge in [0, 0.05) is 24.2 Å². The molecule has 1 heterocycles. The van der Waals surface area contributed by atoms with Crippen LogP contribution >= 0.6 is 0 Å². The van der Waals surface area contributed by atoms with Gasteiger partial charge in [-0.2, -0.15) is 0 Å². The van der Waals surface area contributed by atoms with Gasteiger partial charge in [0.1, 0.15) is 0 Å². The minimum atomic E-state index is -0.0579. The van der Waals surface area contributed by atoms with E-state index in [1.165, 1.54) is 5.56 Å². The minimum Gasteiger partial charge on any atom is -0.378 e. The molecule has 0 amide bonds. The van der Waals surface area contributed by atoms with Gasteiger partial charge < -0.3 is 15.5 Å². The quantitative estimate of drug-likeness (QED) is 0.846. The second-order valence-electron chi connectivity index (χ2n) is 7.11. The summed E-state index contributed by atoms with van der Waals surface area (Å²) in [7, 11) is 0. The number of hydrogen-bond donors (Lipinski definition) is 2. The Labute approximate surface area is 149 Å². The molecule has 0 radical (unpaired) electrons. The monoisotopic (exact) mass is 340 g/mol. The smallest absolute Gasteiger partial charge is 0.251 e. The second kappa shape index (κ2) is 8.45. The number of benzene rings is 1. The lowest BCUT2D eigenvalue weighted by Crippen LogP contribution is -2.29. The summed E-state index contributed by atoms with van der Waals surface area (Å²) in [5.74, 6) is 0.599. The first-order chi connectivity index (χ1) is 12.2. The zero-order chi connectivity index (χ0) is 17.6. The van der Waals surface area contributed by atoms with Gasteiger partial charge in [-0.1, -0.05) is 30.3 Å². The topological polar surface area (TPSA) is 68.1 Å². The number of H-pyrrole nitrogens is 1. The van der Waals surface area contributed by atoms with Crippen molar-refractivity contribution in [3.63, 3.8) is 0 Å². The van der Waals surface area contributed by atoms with Gasteiger partial charge in [0.25, 0.3) is 5.56 Å². The van der Waals surface area contributed by atoms with Crippen molar-refractivity contribution in [1.82, 2.24) is 4.98 Å². The molecule has 0 bridgehead atoms. The van der Waals surface area contributed by atoms with Crippen molar-refractivity contribution in [1.29, 1.82) is 0 Å². The Morgan fingerprint density at radius 1 is 1.20 bits per heavy atom. The van der Waals surface area contributed by atoms with Gasteiger partial charge in [0.05, 0.1) is 12.7 Å². The van der Waals surface area contributed by atoms with Crippen molar-refractivity contribution in [3.05, 3.63) is 69.6 Å². The maximum absolute atomic E-state index is 12.1. The molecular formula is C21H28N2O2. The Morgan fingerprint density at radius 3 is 2.60 bits per heavy atom. The fourth-order valence-electron chi connectivity index (χ4n) is 3.74. The highest BCUT2D eigenvalue weighted by Gasteiger charge is 2.24. The van der Waals surface area contributed by atoms with Crippen LogP contribution in [0.3, 0.4) is 0 Å². The maximum Gasteiger partial charge on any atom is 0.251 e. The van der Waals surface area contributed by atoms with E-state index < -0.39 is 0 Å². The van der Waals surface area contributed by atoms with E-state index in [0.717, 1.165) is 36.8 Å². The Kier molecular flexibility index (Phi) is 6.05. The van der Waals surface area contributed by atoms with Crippen molar-refractivity contribution < 1.29 is 4.74 Å². The lowest BCUT2D eigenvalue weighted by atomic mass is 9.83. The van der Waals surface area contributed by atoms with Crippen LogP contribution < -0.4 is 11.3 Å². The molecule has 4 heteroatoms. The minimum absolute atomic E-state index is 0.0458. The van der Waals surface area contributed by atoms with Crippen LogP contribution in [-0.4, -0.2) is 24.2 Å². The molecule has 3 N–H and O–H groups in total. The molecule has 1 atom stereocenters. The number of ether oxygens (including phenoxy) is 1. The first-order valence-corrected chi connectivity index (χ1v) is 9.23.